The number of hydrogen-bond acceptors (Lipinski definition) is 5. The number of rotatable bonds is 4. The molecule has 134 valence electrons. The zero-order chi connectivity index (χ0) is 17.6. The maximum atomic E-state index is 12.7. The van der Waals surface area contributed by atoms with E-state index in [1.165, 1.54) is 0 Å². The Morgan fingerprint density at radius 2 is 2.12 bits per heavy atom. The summed E-state index contributed by atoms with van der Waals surface area (Å²) in [6, 6.07) is 8.92. The number of likely N-dealkylation sites (tertiary alicyclic amines) is 1. The summed E-state index contributed by atoms with van der Waals surface area (Å²) in [5, 5.41) is 8.87. The van der Waals surface area contributed by atoms with Crippen LogP contribution in [0.1, 0.15) is 22.3 Å². The highest BCUT2D eigenvalue weighted by atomic mass is 16.5. The van der Waals surface area contributed by atoms with Crippen LogP contribution in [-0.2, 0) is 9.47 Å². The second-order valence-electron chi connectivity index (χ2n) is 6.69. The molecule has 2 saturated heterocycles. The van der Waals surface area contributed by atoms with Crippen molar-refractivity contribution in [2.24, 2.45) is 5.92 Å². The molecule has 6 nitrogen and oxygen atoms in total. The predicted molar refractivity (Wildman–Crippen MR) is 93.2 cm³/mol. The normalized spacial score (nSPS) is 24.2. The van der Waals surface area contributed by atoms with Crippen LogP contribution in [0.5, 0.6) is 0 Å². The summed E-state index contributed by atoms with van der Waals surface area (Å²) in [7, 11) is 1.73. The Labute approximate surface area is 148 Å². The van der Waals surface area contributed by atoms with Gasteiger partial charge in [-0.05, 0) is 30.7 Å². The van der Waals surface area contributed by atoms with Crippen LogP contribution in [0.25, 0.3) is 0 Å². The first-order chi connectivity index (χ1) is 12.2. The molecule has 25 heavy (non-hydrogen) atoms. The van der Waals surface area contributed by atoms with E-state index in [1.54, 1.807) is 31.4 Å². The number of piperidine rings is 1. The van der Waals surface area contributed by atoms with Gasteiger partial charge in [0.1, 0.15) is 0 Å². The van der Waals surface area contributed by atoms with E-state index in [2.05, 4.69) is 11.0 Å². The van der Waals surface area contributed by atoms with Crippen LogP contribution in [0.3, 0.4) is 0 Å². The minimum Gasteiger partial charge on any atom is -0.383 e. The molecule has 1 aromatic rings. The van der Waals surface area contributed by atoms with E-state index in [4.69, 9.17) is 14.7 Å². The summed E-state index contributed by atoms with van der Waals surface area (Å²) in [6.07, 6.45) is 1.06. The van der Waals surface area contributed by atoms with Crippen molar-refractivity contribution in [3.63, 3.8) is 0 Å². The minimum absolute atomic E-state index is 0.0204. The maximum Gasteiger partial charge on any atom is 0.253 e. The standard InChI is InChI=1S/C19H25N3O3/c1-24-10-8-21-9-11-25-18-14-22(7-6-17(18)13-21)19(23)16-4-2-15(12-20)3-5-16/h2-5,17-18H,6-11,13-14H2,1H3/t17-,18-/m1/s1. The van der Waals surface area contributed by atoms with E-state index in [0.717, 1.165) is 39.2 Å². The van der Waals surface area contributed by atoms with E-state index in [1.807, 2.05) is 4.90 Å². The van der Waals surface area contributed by atoms with Crippen LogP contribution < -0.4 is 0 Å². The largest absolute Gasteiger partial charge is 0.383 e. The van der Waals surface area contributed by atoms with Crippen molar-refractivity contribution in [3.8, 4) is 6.07 Å². The summed E-state index contributed by atoms with van der Waals surface area (Å²) in [6.45, 7) is 5.68. The second-order valence-corrected chi connectivity index (χ2v) is 6.69. The molecule has 0 aromatic heterocycles. The maximum absolute atomic E-state index is 12.7. The summed E-state index contributed by atoms with van der Waals surface area (Å²) < 4.78 is 11.2. The third-order valence-corrected chi connectivity index (χ3v) is 5.09. The van der Waals surface area contributed by atoms with Gasteiger partial charge in [-0.1, -0.05) is 0 Å². The van der Waals surface area contributed by atoms with Gasteiger partial charge in [0.15, 0.2) is 0 Å². The number of nitrogens with zero attached hydrogens (tertiary/aromatic N) is 3. The van der Waals surface area contributed by atoms with Crippen LogP contribution in [0.2, 0.25) is 0 Å². The van der Waals surface area contributed by atoms with Gasteiger partial charge in [-0.2, -0.15) is 5.26 Å². The topological polar surface area (TPSA) is 65.8 Å². The number of hydrogen-bond donors (Lipinski definition) is 0. The predicted octanol–water partition coefficient (Wildman–Crippen LogP) is 1.37. The number of methoxy groups -OCH3 is 1. The zero-order valence-electron chi connectivity index (χ0n) is 14.7. The first-order valence-electron chi connectivity index (χ1n) is 8.83. The van der Waals surface area contributed by atoms with Gasteiger partial charge < -0.3 is 14.4 Å². The smallest absolute Gasteiger partial charge is 0.253 e. The molecule has 0 bridgehead atoms. The Morgan fingerprint density at radius 3 is 2.84 bits per heavy atom. The van der Waals surface area contributed by atoms with Crippen molar-refractivity contribution >= 4 is 5.91 Å². The highest BCUT2D eigenvalue weighted by Crippen LogP contribution is 2.25. The molecule has 0 radical (unpaired) electrons. The third kappa shape index (κ3) is 4.37. The summed E-state index contributed by atoms with van der Waals surface area (Å²) >= 11 is 0. The number of ether oxygens (including phenoxy) is 2. The first kappa shape index (κ1) is 17.9. The molecule has 0 spiro atoms. The van der Waals surface area contributed by atoms with Crippen LogP contribution in [0, 0.1) is 17.2 Å². The average molecular weight is 343 g/mol. The fraction of sp³-hybridized carbons (Fsp3) is 0.579. The average Bonchev–Trinajstić information content (AvgIpc) is 2.87. The highest BCUT2D eigenvalue weighted by Gasteiger charge is 2.35. The van der Waals surface area contributed by atoms with Gasteiger partial charge in [0.25, 0.3) is 5.91 Å². The molecule has 2 fully saturated rings. The number of benzene rings is 1. The molecule has 0 unspecified atom stereocenters. The first-order valence-corrected chi connectivity index (χ1v) is 8.83. The lowest BCUT2D eigenvalue weighted by molar-refractivity contribution is -0.0171. The summed E-state index contributed by atoms with van der Waals surface area (Å²) in [4.78, 5) is 17.0. The molecular weight excluding hydrogens is 318 g/mol. The monoisotopic (exact) mass is 343 g/mol. The van der Waals surface area contributed by atoms with E-state index in [9.17, 15) is 4.79 Å². The number of nitriles is 1. The molecular formula is C19H25N3O3. The SMILES string of the molecule is COCCN1CCO[C@@H]2CN(C(=O)c3ccc(C#N)cc3)CC[C@@H]2C1. The Balaban J connectivity index is 1.60. The van der Waals surface area contributed by atoms with Gasteiger partial charge in [0, 0.05) is 51.3 Å². The van der Waals surface area contributed by atoms with Crippen molar-refractivity contribution in [3.05, 3.63) is 35.4 Å². The number of amides is 1. The molecule has 0 N–H and O–H groups in total. The number of carbonyl (C=O) groups excluding carboxylic acids is 1. The van der Waals surface area contributed by atoms with Crippen molar-refractivity contribution in [2.75, 3.05) is 53.0 Å². The molecule has 2 heterocycles. The van der Waals surface area contributed by atoms with Gasteiger partial charge in [-0.15, -0.1) is 0 Å². The van der Waals surface area contributed by atoms with Crippen molar-refractivity contribution in [1.82, 2.24) is 9.80 Å². The van der Waals surface area contributed by atoms with Crippen LogP contribution in [0.15, 0.2) is 24.3 Å². The van der Waals surface area contributed by atoms with Crippen LogP contribution in [0.4, 0.5) is 0 Å². The quantitative estimate of drug-likeness (QED) is 0.826. The van der Waals surface area contributed by atoms with Crippen LogP contribution in [-0.4, -0.2) is 74.9 Å². The van der Waals surface area contributed by atoms with Gasteiger partial charge in [0.05, 0.1) is 31.0 Å². The lowest BCUT2D eigenvalue weighted by Gasteiger charge is -2.38. The van der Waals surface area contributed by atoms with Gasteiger partial charge in [-0.3, -0.25) is 9.69 Å². The minimum atomic E-state index is 0.0204. The van der Waals surface area contributed by atoms with Crippen molar-refractivity contribution in [2.45, 2.75) is 12.5 Å². The molecule has 6 heteroatoms. The Kier molecular flexibility index (Phi) is 6.03. The Bertz CT molecular complexity index is 626. The summed E-state index contributed by atoms with van der Waals surface area (Å²) in [5.41, 5.74) is 1.20. The fourth-order valence-electron chi connectivity index (χ4n) is 3.60. The Hall–Kier alpha value is -1.94. The van der Waals surface area contributed by atoms with Gasteiger partial charge in [0.2, 0.25) is 0 Å². The lowest BCUT2D eigenvalue weighted by Crippen LogP contribution is -2.49. The number of fused-ring (bicyclic) bond motifs is 1. The molecule has 1 aromatic carbocycles. The molecule has 1 amide bonds. The van der Waals surface area contributed by atoms with Gasteiger partial charge >= 0.3 is 0 Å². The van der Waals surface area contributed by atoms with Gasteiger partial charge in [-0.25, -0.2) is 0 Å². The molecule has 3 rings (SSSR count). The zero-order valence-corrected chi connectivity index (χ0v) is 14.7. The van der Waals surface area contributed by atoms with Crippen molar-refractivity contribution in [1.29, 1.82) is 5.26 Å². The Morgan fingerprint density at radius 1 is 1.32 bits per heavy atom. The molecule has 2 atom stereocenters. The van der Waals surface area contributed by atoms with Crippen LogP contribution >= 0.6 is 0 Å². The van der Waals surface area contributed by atoms with E-state index >= 15 is 0 Å². The molecule has 0 aliphatic carbocycles. The lowest BCUT2D eigenvalue weighted by atomic mass is 9.92. The second kappa shape index (κ2) is 8.43. The molecule has 0 saturated carbocycles. The molecule has 2 aliphatic rings. The van der Waals surface area contributed by atoms with E-state index in [0.29, 0.717) is 30.2 Å². The third-order valence-electron chi connectivity index (χ3n) is 5.09. The fourth-order valence-corrected chi connectivity index (χ4v) is 3.60. The molecule has 2 aliphatic heterocycles. The van der Waals surface area contributed by atoms with E-state index in [-0.39, 0.29) is 12.0 Å². The summed E-state index contributed by atoms with van der Waals surface area (Å²) in [5.74, 6) is 0.483. The van der Waals surface area contributed by atoms with E-state index < -0.39 is 0 Å². The highest BCUT2D eigenvalue weighted by molar-refractivity contribution is 5.94. The number of carbonyl (C=O) groups is 1. The van der Waals surface area contributed by atoms with Crippen molar-refractivity contribution < 1.29 is 14.3 Å².